The molecule has 2 aliphatic rings. The fourth-order valence-electron chi connectivity index (χ4n) is 2.57. The number of likely N-dealkylation sites (tertiary alicyclic amines) is 1. The minimum Gasteiger partial charge on any atom is -0.469 e. The molecule has 4 heteroatoms. The van der Waals surface area contributed by atoms with Gasteiger partial charge in [-0.25, -0.2) is 0 Å². The normalized spacial score (nSPS) is 28.0. The molecule has 1 heterocycles. The van der Waals surface area contributed by atoms with Gasteiger partial charge in [-0.1, -0.05) is 0 Å². The molecule has 1 unspecified atom stereocenters. The molecule has 4 nitrogen and oxygen atoms in total. The fraction of sp³-hybridized carbons (Fsp3) is 0.917. The van der Waals surface area contributed by atoms with Crippen LogP contribution in [0.3, 0.4) is 0 Å². The lowest BCUT2D eigenvalue weighted by Crippen LogP contribution is -2.45. The van der Waals surface area contributed by atoms with Crippen molar-refractivity contribution in [3.05, 3.63) is 0 Å². The number of aliphatic hydroxyl groups excluding tert-OH is 1. The van der Waals surface area contributed by atoms with E-state index < -0.39 is 0 Å². The highest BCUT2D eigenvalue weighted by Crippen LogP contribution is 2.53. The zero-order valence-electron chi connectivity index (χ0n) is 9.95. The van der Waals surface area contributed by atoms with Crippen LogP contribution in [0.25, 0.3) is 0 Å². The van der Waals surface area contributed by atoms with E-state index in [-0.39, 0.29) is 17.5 Å². The van der Waals surface area contributed by atoms with Gasteiger partial charge in [0, 0.05) is 13.0 Å². The van der Waals surface area contributed by atoms with Gasteiger partial charge in [-0.15, -0.1) is 0 Å². The van der Waals surface area contributed by atoms with Gasteiger partial charge in [-0.3, -0.25) is 4.79 Å². The predicted molar refractivity (Wildman–Crippen MR) is 60.0 cm³/mol. The third-order valence-corrected chi connectivity index (χ3v) is 4.04. The maximum atomic E-state index is 10.9. The van der Waals surface area contributed by atoms with Crippen molar-refractivity contribution in [2.75, 3.05) is 26.7 Å². The molecule has 1 aliphatic carbocycles. The highest BCUT2D eigenvalue weighted by atomic mass is 16.5. The number of β-amino-alcohol motifs (C(OH)–C–C–N with tert-alkyl or cyclic N) is 1. The molecule has 1 atom stereocenters. The Labute approximate surface area is 96.6 Å². The summed E-state index contributed by atoms with van der Waals surface area (Å²) < 4.78 is 4.60. The molecule has 2 fully saturated rings. The zero-order chi connectivity index (χ0) is 11.6. The van der Waals surface area contributed by atoms with Crippen LogP contribution in [-0.2, 0) is 9.53 Å². The Hall–Kier alpha value is -0.610. The number of methoxy groups -OCH3 is 1. The third-order valence-electron chi connectivity index (χ3n) is 4.04. The van der Waals surface area contributed by atoms with Gasteiger partial charge in [-0.2, -0.15) is 0 Å². The van der Waals surface area contributed by atoms with E-state index in [9.17, 15) is 9.90 Å². The number of piperidine rings is 1. The number of rotatable bonds is 4. The summed E-state index contributed by atoms with van der Waals surface area (Å²) >= 11 is 0. The quantitative estimate of drug-likeness (QED) is 0.721. The first kappa shape index (κ1) is 11.9. The summed E-state index contributed by atoms with van der Waals surface area (Å²) in [5.41, 5.74) is 0.277. The molecule has 0 aromatic carbocycles. The molecule has 0 bridgehead atoms. The van der Waals surface area contributed by atoms with Crippen LogP contribution in [0.15, 0.2) is 0 Å². The van der Waals surface area contributed by atoms with Crippen LogP contribution in [0.2, 0.25) is 0 Å². The molecule has 16 heavy (non-hydrogen) atoms. The first-order valence-corrected chi connectivity index (χ1v) is 6.13. The second-order valence-electron chi connectivity index (χ2n) is 5.11. The summed E-state index contributed by atoms with van der Waals surface area (Å²) in [7, 11) is 1.42. The second-order valence-corrected chi connectivity index (χ2v) is 5.11. The van der Waals surface area contributed by atoms with Crippen molar-refractivity contribution in [3.63, 3.8) is 0 Å². The number of nitrogens with zero attached hydrogens (tertiary/aromatic N) is 1. The van der Waals surface area contributed by atoms with Gasteiger partial charge in [0.15, 0.2) is 0 Å². The standard InChI is InChI=1S/C12H21NO3/c1-16-11(15)3-2-7-13-8-6-12(4-5-12)10(14)9-13/h10,14H,2-9H2,1H3. The van der Waals surface area contributed by atoms with Gasteiger partial charge in [0.1, 0.15) is 0 Å². The monoisotopic (exact) mass is 227 g/mol. The average Bonchev–Trinajstić information content (AvgIpc) is 3.05. The molecule has 1 saturated carbocycles. The Morgan fingerprint density at radius 3 is 2.81 bits per heavy atom. The molecule has 0 aromatic heterocycles. The third kappa shape index (κ3) is 2.55. The lowest BCUT2D eigenvalue weighted by atomic mass is 9.90. The van der Waals surface area contributed by atoms with Crippen molar-refractivity contribution < 1.29 is 14.6 Å². The first-order valence-electron chi connectivity index (χ1n) is 6.13. The van der Waals surface area contributed by atoms with Crippen molar-refractivity contribution in [1.29, 1.82) is 0 Å². The van der Waals surface area contributed by atoms with Crippen molar-refractivity contribution in [3.8, 4) is 0 Å². The average molecular weight is 227 g/mol. The molecular formula is C12H21NO3. The van der Waals surface area contributed by atoms with Gasteiger partial charge in [-0.05, 0) is 44.2 Å². The van der Waals surface area contributed by atoms with Crippen LogP contribution in [0.1, 0.15) is 32.1 Å². The number of carbonyl (C=O) groups excluding carboxylic acids is 1. The maximum Gasteiger partial charge on any atom is 0.305 e. The Kier molecular flexibility index (Phi) is 3.50. The van der Waals surface area contributed by atoms with Crippen LogP contribution in [0.5, 0.6) is 0 Å². The van der Waals surface area contributed by atoms with E-state index in [0.29, 0.717) is 6.42 Å². The number of hydrogen-bond donors (Lipinski definition) is 1. The highest BCUT2D eigenvalue weighted by molar-refractivity contribution is 5.69. The minimum absolute atomic E-state index is 0.142. The van der Waals surface area contributed by atoms with E-state index in [1.54, 1.807) is 0 Å². The molecular weight excluding hydrogens is 206 g/mol. The molecule has 92 valence electrons. The van der Waals surface area contributed by atoms with Crippen LogP contribution >= 0.6 is 0 Å². The van der Waals surface area contributed by atoms with Gasteiger partial charge in [0.05, 0.1) is 13.2 Å². The smallest absolute Gasteiger partial charge is 0.305 e. The Bertz CT molecular complexity index is 263. The van der Waals surface area contributed by atoms with Crippen molar-refractivity contribution in [2.24, 2.45) is 5.41 Å². The fourth-order valence-corrected chi connectivity index (χ4v) is 2.57. The van der Waals surface area contributed by atoms with E-state index in [1.807, 2.05) is 0 Å². The van der Waals surface area contributed by atoms with Gasteiger partial charge < -0.3 is 14.7 Å². The van der Waals surface area contributed by atoms with Gasteiger partial charge in [0.2, 0.25) is 0 Å². The molecule has 1 N–H and O–H groups in total. The van der Waals surface area contributed by atoms with Gasteiger partial charge in [0.25, 0.3) is 0 Å². The van der Waals surface area contributed by atoms with Crippen LogP contribution in [0, 0.1) is 5.41 Å². The van der Waals surface area contributed by atoms with E-state index >= 15 is 0 Å². The Morgan fingerprint density at radius 2 is 2.25 bits per heavy atom. The summed E-state index contributed by atoms with van der Waals surface area (Å²) in [5, 5.41) is 9.99. The van der Waals surface area contributed by atoms with E-state index in [4.69, 9.17) is 0 Å². The number of ether oxygens (including phenoxy) is 1. The number of aliphatic hydroxyl groups is 1. The largest absolute Gasteiger partial charge is 0.469 e. The molecule has 1 spiro atoms. The minimum atomic E-state index is -0.153. The lowest BCUT2D eigenvalue weighted by molar-refractivity contribution is -0.140. The SMILES string of the molecule is COC(=O)CCCN1CCC2(CC2)C(O)C1. The van der Waals surface area contributed by atoms with Gasteiger partial charge >= 0.3 is 5.97 Å². The number of esters is 1. The van der Waals surface area contributed by atoms with Crippen molar-refractivity contribution in [2.45, 2.75) is 38.2 Å². The highest BCUT2D eigenvalue weighted by Gasteiger charge is 2.50. The summed E-state index contributed by atoms with van der Waals surface area (Å²) in [6, 6.07) is 0. The van der Waals surface area contributed by atoms with E-state index in [1.165, 1.54) is 20.0 Å². The van der Waals surface area contributed by atoms with Crippen molar-refractivity contribution in [1.82, 2.24) is 4.90 Å². The first-order chi connectivity index (χ1) is 7.66. The maximum absolute atomic E-state index is 10.9. The zero-order valence-corrected chi connectivity index (χ0v) is 9.95. The summed E-state index contributed by atoms with van der Waals surface area (Å²) in [4.78, 5) is 13.2. The molecule has 0 aromatic rings. The summed E-state index contributed by atoms with van der Waals surface area (Å²) in [5.74, 6) is -0.142. The molecule has 1 saturated heterocycles. The topological polar surface area (TPSA) is 49.8 Å². The summed E-state index contributed by atoms with van der Waals surface area (Å²) in [6.45, 7) is 2.74. The Balaban J connectivity index is 1.66. The van der Waals surface area contributed by atoms with Crippen molar-refractivity contribution >= 4 is 5.97 Å². The molecule has 1 aliphatic heterocycles. The lowest BCUT2D eigenvalue weighted by Gasteiger charge is -2.36. The number of hydrogen-bond acceptors (Lipinski definition) is 4. The van der Waals surface area contributed by atoms with E-state index in [2.05, 4.69) is 9.64 Å². The van der Waals surface area contributed by atoms with E-state index in [0.717, 1.165) is 32.5 Å². The molecule has 0 radical (unpaired) electrons. The Morgan fingerprint density at radius 1 is 1.50 bits per heavy atom. The number of carbonyl (C=O) groups is 1. The predicted octanol–water partition coefficient (Wildman–Crippen LogP) is 0.786. The van der Waals surface area contributed by atoms with Crippen LogP contribution in [0.4, 0.5) is 0 Å². The second kappa shape index (κ2) is 4.72. The van der Waals surface area contributed by atoms with Crippen LogP contribution < -0.4 is 0 Å². The summed E-state index contributed by atoms with van der Waals surface area (Å²) in [6.07, 6.45) is 4.67. The molecule has 0 amide bonds. The van der Waals surface area contributed by atoms with Crippen LogP contribution in [-0.4, -0.2) is 48.8 Å². The molecule has 2 rings (SSSR count).